The van der Waals surface area contributed by atoms with Gasteiger partial charge in [0.2, 0.25) is 0 Å². The Labute approximate surface area is 81.4 Å². The molecule has 0 N–H and O–H groups in total. The van der Waals surface area contributed by atoms with Crippen LogP contribution in [-0.2, 0) is 6.54 Å². The van der Waals surface area contributed by atoms with Crippen molar-refractivity contribution in [1.82, 2.24) is 14.8 Å². The molecule has 0 radical (unpaired) electrons. The number of nitriles is 1. The van der Waals surface area contributed by atoms with Crippen molar-refractivity contribution in [3.63, 3.8) is 0 Å². The predicted octanol–water partition coefficient (Wildman–Crippen LogP) is 1.47. The second kappa shape index (κ2) is 3.71. The molecule has 2 rings (SSSR count). The highest BCUT2D eigenvalue weighted by Gasteiger charge is 2.00. The van der Waals surface area contributed by atoms with Gasteiger partial charge in [-0.3, -0.25) is 9.67 Å². The van der Waals surface area contributed by atoms with Gasteiger partial charge in [-0.05, 0) is 18.2 Å². The molecule has 2 aromatic heterocycles. The summed E-state index contributed by atoms with van der Waals surface area (Å²) in [5.41, 5.74) is 1.80. The summed E-state index contributed by atoms with van der Waals surface area (Å²) in [6, 6.07) is 7.70. The Kier molecular flexibility index (Phi) is 2.24. The fraction of sp³-hybridized carbons (Fsp3) is 0.100. The minimum Gasteiger partial charge on any atom is -0.264 e. The smallest absolute Gasteiger partial charge is 0.128 e. The fourth-order valence-corrected chi connectivity index (χ4v) is 1.19. The van der Waals surface area contributed by atoms with E-state index in [1.54, 1.807) is 23.3 Å². The molecule has 2 aromatic rings. The lowest BCUT2D eigenvalue weighted by atomic mass is 10.2. The minimum absolute atomic E-state index is 0.278. The molecule has 0 atom stereocenters. The molecule has 14 heavy (non-hydrogen) atoms. The average Bonchev–Trinajstić information content (AvgIpc) is 2.68. The summed E-state index contributed by atoms with van der Waals surface area (Å²) in [5, 5.41) is 12.7. The molecule has 0 bridgehead atoms. The Hall–Kier alpha value is -2.15. The van der Waals surface area contributed by atoms with Crippen LogP contribution in [0, 0.1) is 11.3 Å². The molecule has 0 amide bonds. The number of nitrogens with zero attached hydrogens (tertiary/aromatic N) is 4. The first-order valence-corrected chi connectivity index (χ1v) is 4.21. The number of hydrogen-bond donors (Lipinski definition) is 0. The first-order chi connectivity index (χ1) is 6.90. The first kappa shape index (κ1) is 8.45. The molecule has 0 aliphatic carbocycles. The Balaban J connectivity index is 2.31. The van der Waals surface area contributed by atoms with Crippen LogP contribution in [0.3, 0.4) is 0 Å². The summed E-state index contributed by atoms with van der Waals surface area (Å²) >= 11 is 0. The van der Waals surface area contributed by atoms with Gasteiger partial charge in [-0.2, -0.15) is 10.4 Å². The van der Waals surface area contributed by atoms with Crippen molar-refractivity contribution in [3.8, 4) is 17.3 Å². The lowest BCUT2D eigenvalue weighted by molar-refractivity contribution is 0.712. The van der Waals surface area contributed by atoms with E-state index >= 15 is 0 Å². The van der Waals surface area contributed by atoms with E-state index in [2.05, 4.69) is 10.1 Å². The highest BCUT2D eigenvalue weighted by molar-refractivity contribution is 5.56. The summed E-state index contributed by atoms with van der Waals surface area (Å²) in [6.45, 7) is 0.278. The van der Waals surface area contributed by atoms with Crippen LogP contribution in [0.1, 0.15) is 0 Å². The van der Waals surface area contributed by atoms with Crippen molar-refractivity contribution in [2.24, 2.45) is 0 Å². The van der Waals surface area contributed by atoms with Crippen molar-refractivity contribution in [2.75, 3.05) is 0 Å². The van der Waals surface area contributed by atoms with E-state index in [0.717, 1.165) is 11.3 Å². The Bertz CT molecular complexity index is 452. The second-order valence-electron chi connectivity index (χ2n) is 2.80. The standard InChI is InChI=1S/C10H8N4/c11-4-7-14-6-3-10(13-14)9-2-1-5-12-8-9/h1-3,5-6,8H,7H2. The zero-order chi connectivity index (χ0) is 9.80. The largest absolute Gasteiger partial charge is 0.264 e. The van der Waals surface area contributed by atoms with Gasteiger partial charge in [0.05, 0.1) is 11.8 Å². The Morgan fingerprint density at radius 3 is 3.07 bits per heavy atom. The van der Waals surface area contributed by atoms with E-state index in [1.165, 1.54) is 0 Å². The lowest BCUT2D eigenvalue weighted by Gasteiger charge is -1.94. The van der Waals surface area contributed by atoms with Crippen molar-refractivity contribution >= 4 is 0 Å². The van der Waals surface area contributed by atoms with E-state index in [-0.39, 0.29) is 6.54 Å². The van der Waals surface area contributed by atoms with Gasteiger partial charge < -0.3 is 0 Å². The van der Waals surface area contributed by atoms with Gasteiger partial charge in [0.1, 0.15) is 6.54 Å². The predicted molar refractivity (Wildman–Crippen MR) is 51.1 cm³/mol. The maximum absolute atomic E-state index is 8.48. The summed E-state index contributed by atoms with van der Waals surface area (Å²) in [4.78, 5) is 4.00. The molecule has 0 spiro atoms. The van der Waals surface area contributed by atoms with E-state index in [0.29, 0.717) is 0 Å². The van der Waals surface area contributed by atoms with Crippen LogP contribution in [-0.4, -0.2) is 14.8 Å². The van der Waals surface area contributed by atoms with Crippen molar-refractivity contribution in [2.45, 2.75) is 6.54 Å². The average molecular weight is 184 g/mol. The minimum atomic E-state index is 0.278. The van der Waals surface area contributed by atoms with Gasteiger partial charge in [-0.15, -0.1) is 0 Å². The normalized spacial score (nSPS) is 9.64. The highest BCUT2D eigenvalue weighted by atomic mass is 15.3. The van der Waals surface area contributed by atoms with Gasteiger partial charge >= 0.3 is 0 Å². The summed E-state index contributed by atoms with van der Waals surface area (Å²) in [7, 11) is 0. The monoisotopic (exact) mass is 184 g/mol. The molecule has 0 fully saturated rings. The third-order valence-electron chi connectivity index (χ3n) is 1.83. The van der Waals surface area contributed by atoms with E-state index in [1.807, 2.05) is 24.3 Å². The van der Waals surface area contributed by atoms with E-state index < -0.39 is 0 Å². The quantitative estimate of drug-likeness (QED) is 0.710. The number of rotatable bonds is 2. The maximum atomic E-state index is 8.48. The highest BCUT2D eigenvalue weighted by Crippen LogP contribution is 2.14. The first-order valence-electron chi connectivity index (χ1n) is 4.21. The second-order valence-corrected chi connectivity index (χ2v) is 2.80. The van der Waals surface area contributed by atoms with E-state index in [4.69, 9.17) is 5.26 Å². The SMILES string of the molecule is N#CCn1ccc(-c2cccnc2)n1. The lowest BCUT2D eigenvalue weighted by Crippen LogP contribution is -1.95. The summed E-state index contributed by atoms with van der Waals surface area (Å²) < 4.78 is 1.60. The molecule has 0 aromatic carbocycles. The van der Waals surface area contributed by atoms with Crippen LogP contribution in [0.5, 0.6) is 0 Å². The van der Waals surface area contributed by atoms with Crippen molar-refractivity contribution < 1.29 is 0 Å². The number of aromatic nitrogens is 3. The molecule has 68 valence electrons. The Morgan fingerprint density at radius 1 is 1.43 bits per heavy atom. The molecule has 2 heterocycles. The van der Waals surface area contributed by atoms with Crippen LogP contribution in [0.4, 0.5) is 0 Å². The van der Waals surface area contributed by atoms with Gasteiger partial charge in [0, 0.05) is 24.2 Å². The third-order valence-corrected chi connectivity index (χ3v) is 1.83. The molecule has 0 saturated carbocycles. The molecule has 0 saturated heterocycles. The van der Waals surface area contributed by atoms with Crippen molar-refractivity contribution in [1.29, 1.82) is 5.26 Å². The molecule has 0 aliphatic rings. The van der Waals surface area contributed by atoms with Crippen LogP contribution < -0.4 is 0 Å². The van der Waals surface area contributed by atoms with Crippen molar-refractivity contribution in [3.05, 3.63) is 36.8 Å². The summed E-state index contributed by atoms with van der Waals surface area (Å²) in [6.07, 6.45) is 5.25. The van der Waals surface area contributed by atoms with Gasteiger partial charge in [-0.1, -0.05) is 0 Å². The molecule has 4 heteroatoms. The zero-order valence-corrected chi connectivity index (χ0v) is 7.46. The molecule has 4 nitrogen and oxygen atoms in total. The molecule has 0 unspecified atom stereocenters. The van der Waals surface area contributed by atoms with Gasteiger partial charge in [0.15, 0.2) is 0 Å². The molecular weight excluding hydrogens is 176 g/mol. The van der Waals surface area contributed by atoms with E-state index in [9.17, 15) is 0 Å². The topological polar surface area (TPSA) is 54.5 Å². The van der Waals surface area contributed by atoms with Gasteiger partial charge in [-0.25, -0.2) is 0 Å². The maximum Gasteiger partial charge on any atom is 0.128 e. The zero-order valence-electron chi connectivity index (χ0n) is 7.46. The molecular formula is C10H8N4. The van der Waals surface area contributed by atoms with Crippen LogP contribution in [0.15, 0.2) is 36.8 Å². The third kappa shape index (κ3) is 1.62. The van der Waals surface area contributed by atoms with Crippen LogP contribution >= 0.6 is 0 Å². The number of hydrogen-bond acceptors (Lipinski definition) is 3. The van der Waals surface area contributed by atoms with Gasteiger partial charge in [0.25, 0.3) is 0 Å². The summed E-state index contributed by atoms with van der Waals surface area (Å²) in [5.74, 6) is 0. The molecule has 0 aliphatic heterocycles. The van der Waals surface area contributed by atoms with Crippen LogP contribution in [0.2, 0.25) is 0 Å². The number of pyridine rings is 1. The van der Waals surface area contributed by atoms with Crippen LogP contribution in [0.25, 0.3) is 11.3 Å². The fourth-order valence-electron chi connectivity index (χ4n) is 1.19. The Morgan fingerprint density at radius 2 is 2.36 bits per heavy atom.